The minimum absolute atomic E-state index is 0.271. The molecule has 7 nitrogen and oxygen atoms in total. The van der Waals surface area contributed by atoms with Crippen molar-refractivity contribution in [2.24, 2.45) is 0 Å². The second-order valence-electron chi connectivity index (χ2n) is 8.07. The summed E-state index contributed by atoms with van der Waals surface area (Å²) < 4.78 is 25.3. The number of rotatable bonds is 7. The van der Waals surface area contributed by atoms with Crippen LogP contribution in [0.1, 0.15) is 0 Å². The molecule has 5 rings (SSSR count). The van der Waals surface area contributed by atoms with Gasteiger partial charge in [-0.15, -0.1) is 0 Å². The maximum Gasteiger partial charge on any atom is 0.163 e. The van der Waals surface area contributed by atoms with Crippen molar-refractivity contribution in [2.45, 2.75) is 0 Å². The first-order chi connectivity index (χ1) is 16.7. The van der Waals surface area contributed by atoms with Crippen molar-refractivity contribution in [1.82, 2.24) is 19.9 Å². The Morgan fingerprint density at radius 3 is 2.59 bits per heavy atom. The third kappa shape index (κ3) is 4.83. The number of morpholine rings is 1. The number of benzene rings is 2. The monoisotopic (exact) mass is 459 g/mol. The van der Waals surface area contributed by atoms with Gasteiger partial charge >= 0.3 is 0 Å². The van der Waals surface area contributed by atoms with Crippen LogP contribution in [-0.2, 0) is 4.74 Å². The van der Waals surface area contributed by atoms with E-state index < -0.39 is 0 Å². The Bertz CT molecular complexity index is 1260. The van der Waals surface area contributed by atoms with Crippen LogP contribution in [0.15, 0.2) is 60.9 Å². The van der Waals surface area contributed by atoms with Crippen molar-refractivity contribution in [3.63, 3.8) is 0 Å². The van der Waals surface area contributed by atoms with E-state index in [9.17, 15) is 4.39 Å². The van der Waals surface area contributed by atoms with Gasteiger partial charge in [0.2, 0.25) is 0 Å². The molecule has 0 unspecified atom stereocenters. The van der Waals surface area contributed by atoms with Gasteiger partial charge in [0.25, 0.3) is 0 Å². The Morgan fingerprint density at radius 2 is 1.85 bits per heavy atom. The number of fused-ring (bicyclic) bond motifs is 1. The molecule has 8 heteroatoms. The molecule has 0 atom stereocenters. The lowest BCUT2D eigenvalue weighted by Crippen LogP contribution is -2.38. The number of ether oxygens (including phenoxy) is 2. The number of hydrogen-bond acceptors (Lipinski definition) is 7. The second kappa shape index (κ2) is 10.1. The van der Waals surface area contributed by atoms with Crippen molar-refractivity contribution in [3.8, 4) is 28.3 Å². The van der Waals surface area contributed by atoms with Crippen molar-refractivity contribution < 1.29 is 13.9 Å². The summed E-state index contributed by atoms with van der Waals surface area (Å²) in [6.45, 7) is 4.61. The SMILES string of the molecule is CNc1nc(-c2cccnc2)nc2c(OCCN3CCOCC3)cc(-c3ccc(F)cc3)cc12. The lowest BCUT2D eigenvalue weighted by atomic mass is 10.0. The van der Waals surface area contributed by atoms with Crippen molar-refractivity contribution in [3.05, 3.63) is 66.7 Å². The average molecular weight is 460 g/mol. The molecule has 2 aromatic carbocycles. The van der Waals surface area contributed by atoms with Crippen LogP contribution in [0.3, 0.4) is 0 Å². The van der Waals surface area contributed by atoms with E-state index in [0.29, 0.717) is 29.5 Å². The van der Waals surface area contributed by atoms with Gasteiger partial charge in [-0.25, -0.2) is 14.4 Å². The topological polar surface area (TPSA) is 72.4 Å². The Kier molecular flexibility index (Phi) is 6.60. The highest BCUT2D eigenvalue weighted by atomic mass is 19.1. The van der Waals surface area contributed by atoms with Crippen LogP contribution in [0.2, 0.25) is 0 Å². The van der Waals surface area contributed by atoms with Crippen molar-refractivity contribution in [1.29, 1.82) is 0 Å². The number of hydrogen-bond donors (Lipinski definition) is 1. The predicted molar refractivity (Wildman–Crippen MR) is 130 cm³/mol. The van der Waals surface area contributed by atoms with Crippen LogP contribution in [0.25, 0.3) is 33.4 Å². The first kappa shape index (κ1) is 22.2. The van der Waals surface area contributed by atoms with E-state index >= 15 is 0 Å². The van der Waals surface area contributed by atoms with E-state index in [-0.39, 0.29) is 5.82 Å². The molecule has 0 saturated carbocycles. The maximum absolute atomic E-state index is 13.5. The van der Waals surface area contributed by atoms with Gasteiger partial charge in [-0.3, -0.25) is 9.88 Å². The fourth-order valence-electron chi connectivity index (χ4n) is 4.04. The fourth-order valence-corrected chi connectivity index (χ4v) is 4.04. The maximum atomic E-state index is 13.5. The van der Waals surface area contributed by atoms with E-state index in [1.807, 2.05) is 31.3 Å². The van der Waals surface area contributed by atoms with E-state index in [2.05, 4.69) is 15.2 Å². The van der Waals surface area contributed by atoms with E-state index in [4.69, 9.17) is 19.4 Å². The number of pyridine rings is 1. The van der Waals surface area contributed by atoms with Gasteiger partial charge in [0.15, 0.2) is 5.82 Å². The Labute approximate surface area is 197 Å². The fraction of sp³-hybridized carbons (Fsp3) is 0.269. The molecule has 1 fully saturated rings. The highest BCUT2D eigenvalue weighted by Gasteiger charge is 2.17. The molecule has 2 aromatic heterocycles. The molecule has 1 N–H and O–H groups in total. The van der Waals surface area contributed by atoms with Gasteiger partial charge in [0, 0.05) is 50.0 Å². The summed E-state index contributed by atoms with van der Waals surface area (Å²) in [6, 6.07) is 14.2. The van der Waals surface area contributed by atoms with Gasteiger partial charge in [-0.05, 0) is 47.5 Å². The molecule has 0 radical (unpaired) electrons. The highest BCUT2D eigenvalue weighted by molar-refractivity contribution is 5.97. The van der Waals surface area contributed by atoms with Crippen LogP contribution in [-0.4, -0.2) is 66.4 Å². The molecular formula is C26H26FN5O2. The summed E-state index contributed by atoms with van der Waals surface area (Å²) >= 11 is 0. The number of halogens is 1. The highest BCUT2D eigenvalue weighted by Crippen LogP contribution is 2.36. The first-order valence-electron chi connectivity index (χ1n) is 11.3. The van der Waals surface area contributed by atoms with E-state index in [1.54, 1.807) is 24.5 Å². The molecule has 34 heavy (non-hydrogen) atoms. The van der Waals surface area contributed by atoms with Crippen molar-refractivity contribution >= 4 is 16.7 Å². The molecule has 1 aliphatic heterocycles. The zero-order valence-electron chi connectivity index (χ0n) is 19.0. The lowest BCUT2D eigenvalue weighted by Gasteiger charge is -2.26. The zero-order valence-corrected chi connectivity index (χ0v) is 19.0. The van der Waals surface area contributed by atoms with Gasteiger partial charge < -0.3 is 14.8 Å². The van der Waals surface area contributed by atoms with Crippen molar-refractivity contribution in [2.75, 3.05) is 51.8 Å². The van der Waals surface area contributed by atoms with Gasteiger partial charge in [0.1, 0.15) is 29.5 Å². The Hall–Kier alpha value is -3.62. The third-order valence-corrected chi connectivity index (χ3v) is 5.87. The summed E-state index contributed by atoms with van der Waals surface area (Å²) in [7, 11) is 1.83. The summed E-state index contributed by atoms with van der Waals surface area (Å²) in [6.07, 6.45) is 3.46. The number of nitrogens with one attached hydrogen (secondary N) is 1. The summed E-state index contributed by atoms with van der Waals surface area (Å²) in [4.78, 5) is 16.1. The molecule has 1 saturated heterocycles. The van der Waals surface area contributed by atoms with Crippen LogP contribution in [0, 0.1) is 5.82 Å². The molecule has 0 aliphatic carbocycles. The molecular weight excluding hydrogens is 433 g/mol. The zero-order chi connectivity index (χ0) is 23.3. The average Bonchev–Trinajstić information content (AvgIpc) is 2.89. The largest absolute Gasteiger partial charge is 0.490 e. The normalized spacial score (nSPS) is 14.3. The van der Waals surface area contributed by atoms with E-state index in [1.165, 1.54) is 12.1 Å². The molecule has 3 heterocycles. The molecule has 4 aromatic rings. The van der Waals surface area contributed by atoms with Gasteiger partial charge in [-0.2, -0.15) is 0 Å². The Balaban J connectivity index is 1.57. The lowest BCUT2D eigenvalue weighted by molar-refractivity contribution is 0.0323. The van der Waals surface area contributed by atoms with Gasteiger partial charge in [0.05, 0.1) is 13.2 Å². The summed E-state index contributed by atoms with van der Waals surface area (Å²) in [5.41, 5.74) is 3.33. The van der Waals surface area contributed by atoms with Gasteiger partial charge in [-0.1, -0.05) is 12.1 Å². The first-order valence-corrected chi connectivity index (χ1v) is 11.3. The molecule has 174 valence electrons. The minimum atomic E-state index is -0.271. The quantitative estimate of drug-likeness (QED) is 0.443. The number of aromatic nitrogens is 3. The molecule has 0 bridgehead atoms. The summed E-state index contributed by atoms with van der Waals surface area (Å²) in [5, 5.41) is 4.03. The molecule has 0 spiro atoms. The second-order valence-corrected chi connectivity index (χ2v) is 8.07. The Morgan fingerprint density at radius 1 is 1.03 bits per heavy atom. The molecule has 1 aliphatic rings. The van der Waals surface area contributed by atoms with Crippen LogP contribution < -0.4 is 10.1 Å². The van der Waals surface area contributed by atoms with E-state index in [0.717, 1.165) is 54.9 Å². The molecule has 0 amide bonds. The standard InChI is InChI=1S/C26H26FN5O2/c1-28-26-22-15-20(18-4-6-21(27)7-5-18)16-23(34-14-11-32-9-12-33-13-10-32)24(22)30-25(31-26)19-3-2-8-29-17-19/h2-8,15-17H,9-14H2,1H3,(H,28,30,31). The third-order valence-electron chi connectivity index (χ3n) is 5.87. The van der Waals surface area contributed by atoms with Crippen LogP contribution in [0.5, 0.6) is 5.75 Å². The minimum Gasteiger partial charge on any atom is -0.490 e. The summed E-state index contributed by atoms with van der Waals surface area (Å²) in [5.74, 6) is 1.64. The number of nitrogens with zero attached hydrogens (tertiary/aromatic N) is 4. The smallest absolute Gasteiger partial charge is 0.163 e. The van der Waals surface area contributed by atoms with Crippen LogP contribution >= 0.6 is 0 Å². The predicted octanol–water partition coefficient (Wildman–Crippen LogP) is 4.25. The number of anilines is 1. The van der Waals surface area contributed by atoms with Crippen LogP contribution in [0.4, 0.5) is 10.2 Å².